The summed E-state index contributed by atoms with van der Waals surface area (Å²) in [5.74, 6) is 0.962. The van der Waals surface area contributed by atoms with E-state index in [-0.39, 0.29) is 0 Å². The van der Waals surface area contributed by atoms with E-state index in [1.807, 2.05) is 25.1 Å². The van der Waals surface area contributed by atoms with Crippen LogP contribution in [-0.2, 0) is 13.1 Å². The largest absolute Gasteiger partial charge is 0.324 e. The molecule has 3 nitrogen and oxygen atoms in total. The SMILES string of the molecule is Cc1nc2ccc(-c3ccc(CN4CCCC4)cc3)cc2n1Cc1cc(Cl)ccc1Cl. The lowest BCUT2D eigenvalue weighted by Gasteiger charge is -2.14. The lowest BCUT2D eigenvalue weighted by atomic mass is 10.0. The molecular formula is C26H25Cl2N3. The van der Waals surface area contributed by atoms with Gasteiger partial charge in [0.05, 0.1) is 17.6 Å². The van der Waals surface area contributed by atoms with Gasteiger partial charge in [-0.15, -0.1) is 0 Å². The molecule has 0 aliphatic carbocycles. The molecule has 1 aliphatic rings. The van der Waals surface area contributed by atoms with Gasteiger partial charge in [-0.2, -0.15) is 0 Å². The van der Waals surface area contributed by atoms with Crippen molar-refractivity contribution in [1.82, 2.24) is 14.5 Å². The summed E-state index contributed by atoms with van der Waals surface area (Å²) in [6, 6.07) is 21.1. The minimum atomic E-state index is 0.639. The fourth-order valence-electron chi connectivity index (χ4n) is 4.46. The van der Waals surface area contributed by atoms with Gasteiger partial charge in [-0.1, -0.05) is 53.5 Å². The average Bonchev–Trinajstić information content (AvgIpc) is 3.39. The minimum Gasteiger partial charge on any atom is -0.324 e. The average molecular weight is 450 g/mol. The maximum atomic E-state index is 6.42. The van der Waals surface area contributed by atoms with E-state index in [2.05, 4.69) is 51.9 Å². The molecule has 0 bridgehead atoms. The van der Waals surface area contributed by atoms with E-state index in [1.54, 1.807) is 0 Å². The van der Waals surface area contributed by atoms with Gasteiger partial charge < -0.3 is 4.57 Å². The molecule has 0 spiro atoms. The molecule has 5 heteroatoms. The normalized spacial score (nSPS) is 14.5. The van der Waals surface area contributed by atoms with Crippen LogP contribution in [0, 0.1) is 6.92 Å². The molecule has 158 valence electrons. The Morgan fingerprint density at radius 2 is 1.58 bits per heavy atom. The van der Waals surface area contributed by atoms with E-state index in [4.69, 9.17) is 28.2 Å². The molecule has 3 aromatic carbocycles. The lowest BCUT2D eigenvalue weighted by molar-refractivity contribution is 0.331. The first kappa shape index (κ1) is 20.6. The molecule has 31 heavy (non-hydrogen) atoms. The van der Waals surface area contributed by atoms with Crippen molar-refractivity contribution in [3.8, 4) is 11.1 Å². The molecule has 0 atom stereocenters. The highest BCUT2D eigenvalue weighted by Crippen LogP contribution is 2.28. The lowest BCUT2D eigenvalue weighted by Crippen LogP contribution is -2.18. The molecule has 0 unspecified atom stereocenters. The molecule has 0 radical (unpaired) electrons. The Labute approximate surface area is 193 Å². The molecule has 0 saturated carbocycles. The van der Waals surface area contributed by atoms with Crippen LogP contribution in [0.15, 0.2) is 60.7 Å². The number of benzene rings is 3. The summed E-state index contributed by atoms with van der Waals surface area (Å²) in [5.41, 5.74) is 6.88. The Morgan fingerprint density at radius 3 is 2.35 bits per heavy atom. The number of rotatable bonds is 5. The predicted octanol–water partition coefficient (Wildman–Crippen LogP) is 6.96. The molecule has 1 saturated heterocycles. The quantitative estimate of drug-likeness (QED) is 0.328. The Balaban J connectivity index is 1.45. The third-order valence-corrected chi connectivity index (χ3v) is 6.77. The van der Waals surface area contributed by atoms with Crippen molar-refractivity contribution in [1.29, 1.82) is 0 Å². The highest BCUT2D eigenvalue weighted by molar-refractivity contribution is 6.33. The zero-order valence-corrected chi connectivity index (χ0v) is 19.1. The highest BCUT2D eigenvalue weighted by Gasteiger charge is 2.13. The Hall–Kier alpha value is -2.33. The van der Waals surface area contributed by atoms with E-state index >= 15 is 0 Å². The van der Waals surface area contributed by atoms with Crippen molar-refractivity contribution in [2.45, 2.75) is 32.9 Å². The number of hydrogen-bond donors (Lipinski definition) is 0. The summed E-state index contributed by atoms with van der Waals surface area (Å²) in [6.07, 6.45) is 2.65. The van der Waals surface area contributed by atoms with Gasteiger partial charge in [-0.3, -0.25) is 4.90 Å². The summed E-state index contributed by atoms with van der Waals surface area (Å²) in [5, 5.41) is 1.41. The van der Waals surface area contributed by atoms with Gasteiger partial charge >= 0.3 is 0 Å². The van der Waals surface area contributed by atoms with Gasteiger partial charge in [0, 0.05) is 16.6 Å². The summed E-state index contributed by atoms with van der Waals surface area (Å²) in [6.45, 7) is 6.16. The number of halogens is 2. The summed E-state index contributed by atoms with van der Waals surface area (Å²) in [7, 11) is 0. The molecule has 1 fully saturated rings. The fraction of sp³-hybridized carbons (Fsp3) is 0.269. The molecule has 1 aromatic heterocycles. The van der Waals surface area contributed by atoms with Crippen LogP contribution in [0.4, 0.5) is 0 Å². The second kappa shape index (κ2) is 8.66. The second-order valence-electron chi connectivity index (χ2n) is 8.36. The number of aromatic nitrogens is 2. The molecule has 0 N–H and O–H groups in total. The van der Waals surface area contributed by atoms with E-state index < -0.39 is 0 Å². The molecule has 4 aromatic rings. The van der Waals surface area contributed by atoms with Gasteiger partial charge in [0.25, 0.3) is 0 Å². The standard InChI is InChI=1S/C26H25Cl2N3/c1-18-29-25-11-8-21(20-6-4-19(5-7-20)16-30-12-2-3-13-30)15-26(25)31(18)17-22-14-23(27)9-10-24(22)28/h4-11,14-15H,2-3,12-13,16-17H2,1H3. The number of fused-ring (bicyclic) bond motifs is 1. The molecular weight excluding hydrogens is 425 g/mol. The van der Waals surface area contributed by atoms with Crippen LogP contribution in [0.25, 0.3) is 22.2 Å². The van der Waals surface area contributed by atoms with Crippen molar-refractivity contribution < 1.29 is 0 Å². The van der Waals surface area contributed by atoms with Crippen LogP contribution in [0.3, 0.4) is 0 Å². The maximum Gasteiger partial charge on any atom is 0.107 e. The first-order valence-electron chi connectivity index (χ1n) is 10.8. The van der Waals surface area contributed by atoms with Crippen molar-refractivity contribution >= 4 is 34.2 Å². The topological polar surface area (TPSA) is 21.1 Å². The number of aryl methyl sites for hydroxylation is 1. The van der Waals surface area contributed by atoms with Crippen molar-refractivity contribution in [3.63, 3.8) is 0 Å². The third kappa shape index (κ3) is 4.36. The fourth-order valence-corrected chi connectivity index (χ4v) is 4.83. The van der Waals surface area contributed by atoms with Gasteiger partial charge in [0.15, 0.2) is 0 Å². The van der Waals surface area contributed by atoms with Gasteiger partial charge in [0.2, 0.25) is 0 Å². The first-order valence-corrected chi connectivity index (χ1v) is 11.5. The molecule has 5 rings (SSSR count). The number of hydrogen-bond acceptors (Lipinski definition) is 2. The zero-order chi connectivity index (χ0) is 21.4. The monoisotopic (exact) mass is 449 g/mol. The summed E-state index contributed by atoms with van der Waals surface area (Å²) >= 11 is 12.6. The van der Waals surface area contributed by atoms with Crippen LogP contribution in [0.5, 0.6) is 0 Å². The van der Waals surface area contributed by atoms with Gasteiger partial charge in [-0.25, -0.2) is 4.98 Å². The van der Waals surface area contributed by atoms with Crippen molar-refractivity contribution in [2.75, 3.05) is 13.1 Å². The van der Waals surface area contributed by atoms with Crippen LogP contribution in [0.1, 0.15) is 29.8 Å². The number of nitrogens with zero attached hydrogens (tertiary/aromatic N) is 3. The van der Waals surface area contributed by atoms with E-state index in [1.165, 1.54) is 42.6 Å². The Kier molecular flexibility index (Phi) is 5.75. The predicted molar refractivity (Wildman–Crippen MR) is 130 cm³/mol. The van der Waals surface area contributed by atoms with Crippen LogP contribution >= 0.6 is 23.2 Å². The minimum absolute atomic E-state index is 0.639. The van der Waals surface area contributed by atoms with Crippen LogP contribution in [0.2, 0.25) is 10.0 Å². The maximum absolute atomic E-state index is 6.42. The zero-order valence-electron chi connectivity index (χ0n) is 17.6. The van der Waals surface area contributed by atoms with Crippen molar-refractivity contribution in [3.05, 3.63) is 87.7 Å². The molecule has 1 aliphatic heterocycles. The number of imidazole rings is 1. The van der Waals surface area contributed by atoms with Gasteiger partial charge in [-0.05, 0) is 85.4 Å². The van der Waals surface area contributed by atoms with Gasteiger partial charge in [0.1, 0.15) is 5.82 Å². The van der Waals surface area contributed by atoms with E-state index in [0.717, 1.165) is 34.0 Å². The summed E-state index contributed by atoms with van der Waals surface area (Å²) < 4.78 is 2.21. The van der Waals surface area contributed by atoms with Crippen LogP contribution in [-0.4, -0.2) is 27.5 Å². The third-order valence-electron chi connectivity index (χ3n) is 6.17. The van der Waals surface area contributed by atoms with Crippen molar-refractivity contribution in [2.24, 2.45) is 0 Å². The second-order valence-corrected chi connectivity index (χ2v) is 9.21. The smallest absolute Gasteiger partial charge is 0.107 e. The molecule has 2 heterocycles. The number of likely N-dealkylation sites (tertiary alicyclic amines) is 1. The van der Waals surface area contributed by atoms with E-state index in [0.29, 0.717) is 11.6 Å². The van der Waals surface area contributed by atoms with E-state index in [9.17, 15) is 0 Å². The first-order chi connectivity index (χ1) is 15.1. The highest BCUT2D eigenvalue weighted by atomic mass is 35.5. The van der Waals surface area contributed by atoms with Crippen LogP contribution < -0.4 is 0 Å². The summed E-state index contributed by atoms with van der Waals surface area (Å²) in [4.78, 5) is 7.28. The Bertz CT molecular complexity index is 1220. The Morgan fingerprint density at radius 1 is 0.839 bits per heavy atom. The molecule has 0 amide bonds.